The van der Waals surface area contributed by atoms with E-state index in [0.29, 0.717) is 13.0 Å². The average Bonchev–Trinajstić information content (AvgIpc) is 2.75. The molecule has 5 nitrogen and oxygen atoms in total. The first-order valence-electron chi connectivity index (χ1n) is 5.10. The van der Waals surface area contributed by atoms with Gasteiger partial charge in [0.1, 0.15) is 0 Å². The Bertz CT molecular complexity index is 516. The van der Waals surface area contributed by atoms with E-state index < -0.39 is 15.6 Å². The molecule has 1 saturated heterocycles. The molecule has 2 rings (SSSR count). The molecule has 0 bridgehead atoms. The lowest BCUT2D eigenvalue weighted by molar-refractivity contribution is 0.0957. The second-order valence-electron chi connectivity index (χ2n) is 4.22. The summed E-state index contributed by atoms with van der Waals surface area (Å²) in [6.45, 7) is 4.25. The van der Waals surface area contributed by atoms with Crippen molar-refractivity contribution in [2.45, 2.75) is 36.1 Å². The molecule has 0 radical (unpaired) electrons. The molecule has 1 fully saturated rings. The number of nitrogens with one attached hydrogen (secondary N) is 1. The highest BCUT2D eigenvalue weighted by molar-refractivity contribution is 7.91. The third-order valence-electron chi connectivity index (χ3n) is 2.98. The zero-order valence-corrected chi connectivity index (χ0v) is 11.8. The van der Waals surface area contributed by atoms with Gasteiger partial charge in [0, 0.05) is 6.61 Å². The fourth-order valence-electron chi connectivity index (χ4n) is 1.69. The maximum absolute atomic E-state index is 12.1. The lowest BCUT2D eigenvalue weighted by atomic mass is 9.97. The Morgan fingerprint density at radius 2 is 2.41 bits per heavy atom. The number of ether oxygens (including phenoxy) is 1. The van der Waals surface area contributed by atoms with E-state index in [0.717, 1.165) is 11.3 Å². The summed E-state index contributed by atoms with van der Waals surface area (Å²) in [5, 5.41) is 0. The van der Waals surface area contributed by atoms with Crippen LogP contribution >= 0.6 is 22.9 Å². The number of rotatable bonds is 3. The Kier molecular flexibility index (Phi) is 3.48. The highest BCUT2D eigenvalue weighted by Crippen LogP contribution is 2.29. The zero-order valence-electron chi connectivity index (χ0n) is 9.44. The fourth-order valence-corrected chi connectivity index (χ4v) is 4.48. The lowest BCUT2D eigenvalue weighted by Crippen LogP contribution is -2.50. The van der Waals surface area contributed by atoms with E-state index in [9.17, 15) is 8.42 Å². The van der Waals surface area contributed by atoms with Crippen molar-refractivity contribution in [3.63, 3.8) is 0 Å². The Morgan fingerprint density at radius 3 is 2.88 bits per heavy atom. The van der Waals surface area contributed by atoms with Crippen molar-refractivity contribution in [2.75, 3.05) is 6.61 Å². The molecule has 0 amide bonds. The first kappa shape index (κ1) is 13.2. The Labute approximate surface area is 109 Å². The second kappa shape index (κ2) is 4.47. The third-order valence-corrected chi connectivity index (χ3v) is 6.16. The van der Waals surface area contributed by atoms with E-state index >= 15 is 0 Å². The lowest BCUT2D eigenvalue weighted by Gasteiger charge is -2.27. The van der Waals surface area contributed by atoms with Crippen LogP contribution < -0.4 is 4.72 Å². The largest absolute Gasteiger partial charge is 0.376 e. The van der Waals surface area contributed by atoms with Gasteiger partial charge in [0.25, 0.3) is 10.0 Å². The molecule has 1 N–H and O–H groups in total. The molecule has 0 aliphatic carbocycles. The van der Waals surface area contributed by atoms with Crippen molar-refractivity contribution in [2.24, 2.45) is 0 Å². The van der Waals surface area contributed by atoms with Crippen molar-refractivity contribution in [1.29, 1.82) is 0 Å². The molecular weight excluding hydrogens is 284 g/mol. The van der Waals surface area contributed by atoms with Crippen LogP contribution in [-0.4, -0.2) is 31.7 Å². The van der Waals surface area contributed by atoms with E-state index in [4.69, 9.17) is 16.3 Å². The summed E-state index contributed by atoms with van der Waals surface area (Å²) >= 11 is 6.58. The number of hydrogen-bond donors (Lipinski definition) is 1. The second-order valence-corrected chi connectivity index (χ2v) is 7.74. The number of thiazole rings is 1. The summed E-state index contributed by atoms with van der Waals surface area (Å²) < 4.78 is 32.6. The van der Waals surface area contributed by atoms with Gasteiger partial charge >= 0.3 is 0 Å². The highest BCUT2D eigenvalue weighted by Gasteiger charge is 2.41. The molecule has 0 aromatic carbocycles. The predicted molar refractivity (Wildman–Crippen MR) is 65.9 cm³/mol. The average molecular weight is 297 g/mol. The molecule has 2 unspecified atom stereocenters. The number of aromatic nitrogens is 1. The van der Waals surface area contributed by atoms with Gasteiger partial charge in [-0.1, -0.05) is 22.9 Å². The van der Waals surface area contributed by atoms with E-state index in [2.05, 4.69) is 9.71 Å². The summed E-state index contributed by atoms with van der Waals surface area (Å²) in [6, 6.07) is 0. The van der Waals surface area contributed by atoms with Gasteiger partial charge < -0.3 is 4.74 Å². The van der Waals surface area contributed by atoms with Gasteiger partial charge in [0.15, 0.2) is 8.68 Å². The van der Waals surface area contributed by atoms with Gasteiger partial charge in [-0.25, -0.2) is 18.1 Å². The number of halogens is 1. The standard InChI is InChI=1S/C9H13ClN2O3S2/c1-6-9(2,3-4-15-6)12-17(13,14)7-5-11-8(10)16-7/h5-6,12H,3-4H2,1-2H3. The normalized spacial score (nSPS) is 29.7. The zero-order chi connectivity index (χ0) is 12.7. The van der Waals surface area contributed by atoms with E-state index in [1.54, 1.807) is 0 Å². The Balaban J connectivity index is 2.23. The van der Waals surface area contributed by atoms with Crippen LogP contribution in [0, 0.1) is 0 Å². The van der Waals surface area contributed by atoms with E-state index in [1.807, 2.05) is 13.8 Å². The van der Waals surface area contributed by atoms with Crippen LogP contribution in [-0.2, 0) is 14.8 Å². The molecule has 1 aliphatic rings. The summed E-state index contributed by atoms with van der Waals surface area (Å²) in [4.78, 5) is 3.73. The van der Waals surface area contributed by atoms with Crippen LogP contribution in [0.25, 0.3) is 0 Å². The number of nitrogens with zero attached hydrogens (tertiary/aromatic N) is 1. The van der Waals surface area contributed by atoms with Crippen molar-refractivity contribution in [3.8, 4) is 0 Å². The predicted octanol–water partition coefficient (Wildman–Crippen LogP) is 1.64. The van der Waals surface area contributed by atoms with Crippen molar-refractivity contribution in [1.82, 2.24) is 9.71 Å². The Morgan fingerprint density at radius 1 is 1.71 bits per heavy atom. The van der Waals surface area contributed by atoms with Crippen molar-refractivity contribution in [3.05, 3.63) is 10.7 Å². The molecule has 96 valence electrons. The van der Waals surface area contributed by atoms with Crippen LogP contribution in [0.3, 0.4) is 0 Å². The molecule has 0 spiro atoms. The smallest absolute Gasteiger partial charge is 0.252 e. The maximum Gasteiger partial charge on any atom is 0.252 e. The van der Waals surface area contributed by atoms with Crippen molar-refractivity contribution >= 4 is 33.0 Å². The molecule has 17 heavy (non-hydrogen) atoms. The van der Waals surface area contributed by atoms with Gasteiger partial charge in [-0.15, -0.1) is 0 Å². The van der Waals surface area contributed by atoms with Crippen LogP contribution in [0.4, 0.5) is 0 Å². The van der Waals surface area contributed by atoms with Crippen LogP contribution in [0.1, 0.15) is 20.3 Å². The topological polar surface area (TPSA) is 68.3 Å². The molecule has 1 aromatic rings. The van der Waals surface area contributed by atoms with Gasteiger partial charge in [0.2, 0.25) is 0 Å². The van der Waals surface area contributed by atoms with Gasteiger partial charge in [-0.2, -0.15) is 0 Å². The molecular formula is C9H13ClN2O3S2. The SMILES string of the molecule is CC1OCCC1(C)NS(=O)(=O)c1cnc(Cl)s1. The first-order valence-corrected chi connectivity index (χ1v) is 7.78. The minimum absolute atomic E-state index is 0.128. The maximum atomic E-state index is 12.1. The minimum Gasteiger partial charge on any atom is -0.376 e. The summed E-state index contributed by atoms with van der Waals surface area (Å²) in [7, 11) is -3.57. The summed E-state index contributed by atoms with van der Waals surface area (Å²) in [5.41, 5.74) is -0.574. The van der Waals surface area contributed by atoms with Gasteiger partial charge in [-0.3, -0.25) is 0 Å². The van der Waals surface area contributed by atoms with Crippen LogP contribution in [0.15, 0.2) is 10.4 Å². The summed E-state index contributed by atoms with van der Waals surface area (Å²) in [5.74, 6) is 0. The highest BCUT2D eigenvalue weighted by atomic mass is 35.5. The summed E-state index contributed by atoms with van der Waals surface area (Å²) in [6.07, 6.45) is 1.76. The van der Waals surface area contributed by atoms with E-state index in [-0.39, 0.29) is 14.8 Å². The molecule has 8 heteroatoms. The number of sulfonamides is 1. The quantitative estimate of drug-likeness (QED) is 0.921. The third kappa shape index (κ3) is 2.63. The first-order chi connectivity index (χ1) is 7.83. The van der Waals surface area contributed by atoms with Gasteiger partial charge in [-0.05, 0) is 20.3 Å². The molecule has 2 heterocycles. The molecule has 2 atom stereocenters. The van der Waals surface area contributed by atoms with Crippen molar-refractivity contribution < 1.29 is 13.2 Å². The van der Waals surface area contributed by atoms with Crippen LogP contribution in [0.5, 0.6) is 0 Å². The fraction of sp³-hybridized carbons (Fsp3) is 0.667. The Hall–Kier alpha value is -0.210. The van der Waals surface area contributed by atoms with Gasteiger partial charge in [0.05, 0.1) is 17.8 Å². The molecule has 0 saturated carbocycles. The molecule has 1 aromatic heterocycles. The van der Waals surface area contributed by atoms with E-state index in [1.165, 1.54) is 6.20 Å². The minimum atomic E-state index is -3.57. The monoisotopic (exact) mass is 296 g/mol. The van der Waals surface area contributed by atoms with Crippen LogP contribution in [0.2, 0.25) is 4.47 Å². The molecule has 1 aliphatic heterocycles. The number of hydrogen-bond acceptors (Lipinski definition) is 5.